The van der Waals surface area contributed by atoms with Gasteiger partial charge in [-0.25, -0.2) is 0 Å². The summed E-state index contributed by atoms with van der Waals surface area (Å²) in [6.07, 6.45) is -4.64. The molecule has 2 rings (SSSR count). The highest BCUT2D eigenvalue weighted by atomic mass is 19.4. The van der Waals surface area contributed by atoms with Crippen molar-refractivity contribution >= 4 is 5.91 Å². The van der Waals surface area contributed by atoms with Gasteiger partial charge in [-0.2, -0.15) is 13.2 Å². The fourth-order valence-electron chi connectivity index (χ4n) is 3.19. The average molecular weight is 293 g/mol. The minimum absolute atomic E-state index is 0.109. The van der Waals surface area contributed by atoms with Crippen LogP contribution in [0.15, 0.2) is 0 Å². The summed E-state index contributed by atoms with van der Waals surface area (Å²) >= 11 is 0. The Morgan fingerprint density at radius 3 is 2.55 bits per heavy atom. The van der Waals surface area contributed by atoms with E-state index in [9.17, 15) is 18.0 Å². The van der Waals surface area contributed by atoms with Gasteiger partial charge < -0.3 is 10.2 Å². The minimum atomic E-state index is -4.49. The SMILES string of the molecule is CCN1CCN(C(=O)C2(C(F)(F)F)CCNC2)CC1C. The van der Waals surface area contributed by atoms with Gasteiger partial charge in [-0.3, -0.25) is 9.69 Å². The summed E-state index contributed by atoms with van der Waals surface area (Å²) in [5.41, 5.74) is -2.22. The van der Waals surface area contributed by atoms with Crippen LogP contribution in [0.25, 0.3) is 0 Å². The summed E-state index contributed by atoms with van der Waals surface area (Å²) < 4.78 is 40.1. The maximum atomic E-state index is 13.4. The quantitative estimate of drug-likeness (QED) is 0.827. The first-order valence-electron chi connectivity index (χ1n) is 7.12. The molecule has 2 unspecified atom stereocenters. The Bertz CT molecular complexity index is 366. The van der Waals surface area contributed by atoms with E-state index in [2.05, 4.69) is 10.2 Å². The third-order valence-corrected chi connectivity index (χ3v) is 4.57. The number of carbonyl (C=O) groups excluding carboxylic acids is 1. The number of halogens is 3. The normalized spacial score (nSPS) is 32.6. The molecule has 4 nitrogen and oxygen atoms in total. The number of amides is 1. The Kier molecular flexibility index (Phi) is 4.30. The molecule has 116 valence electrons. The second-order valence-electron chi connectivity index (χ2n) is 5.74. The van der Waals surface area contributed by atoms with Crippen LogP contribution in [-0.2, 0) is 4.79 Å². The molecule has 20 heavy (non-hydrogen) atoms. The number of nitrogens with zero attached hydrogens (tertiary/aromatic N) is 2. The van der Waals surface area contributed by atoms with Crippen LogP contribution in [0.1, 0.15) is 20.3 Å². The second kappa shape index (κ2) is 5.52. The van der Waals surface area contributed by atoms with E-state index in [0.29, 0.717) is 19.6 Å². The van der Waals surface area contributed by atoms with Gasteiger partial charge in [-0.1, -0.05) is 6.92 Å². The molecule has 2 saturated heterocycles. The highest BCUT2D eigenvalue weighted by molar-refractivity contribution is 5.84. The van der Waals surface area contributed by atoms with Gasteiger partial charge in [0.25, 0.3) is 0 Å². The molecule has 0 aromatic carbocycles. The zero-order chi connectivity index (χ0) is 15.0. The average Bonchev–Trinajstić information content (AvgIpc) is 2.87. The first-order valence-corrected chi connectivity index (χ1v) is 7.12. The summed E-state index contributed by atoms with van der Waals surface area (Å²) in [5.74, 6) is -0.752. The van der Waals surface area contributed by atoms with E-state index in [-0.39, 0.29) is 25.6 Å². The molecule has 2 aliphatic rings. The molecule has 2 atom stereocenters. The number of piperazine rings is 1. The third kappa shape index (κ3) is 2.53. The smallest absolute Gasteiger partial charge is 0.339 e. The van der Waals surface area contributed by atoms with E-state index in [1.165, 1.54) is 4.90 Å². The van der Waals surface area contributed by atoms with Crippen molar-refractivity contribution in [2.45, 2.75) is 32.5 Å². The second-order valence-corrected chi connectivity index (χ2v) is 5.74. The van der Waals surface area contributed by atoms with Crippen LogP contribution in [0, 0.1) is 5.41 Å². The zero-order valence-corrected chi connectivity index (χ0v) is 12.0. The Labute approximate surface area is 117 Å². The Morgan fingerprint density at radius 2 is 2.10 bits per heavy atom. The predicted octanol–water partition coefficient (Wildman–Crippen LogP) is 1.08. The number of alkyl halides is 3. The molecule has 1 N–H and O–H groups in total. The molecule has 2 heterocycles. The van der Waals surface area contributed by atoms with Gasteiger partial charge in [0.05, 0.1) is 0 Å². The fraction of sp³-hybridized carbons (Fsp3) is 0.923. The van der Waals surface area contributed by atoms with Crippen molar-refractivity contribution in [1.82, 2.24) is 15.1 Å². The van der Waals surface area contributed by atoms with E-state index in [0.717, 1.165) is 6.54 Å². The summed E-state index contributed by atoms with van der Waals surface area (Å²) in [6.45, 7) is 6.19. The lowest BCUT2D eigenvalue weighted by Crippen LogP contribution is -2.60. The van der Waals surface area contributed by atoms with Gasteiger partial charge in [0, 0.05) is 32.2 Å². The largest absolute Gasteiger partial charge is 0.404 e. The number of likely N-dealkylation sites (N-methyl/N-ethyl adjacent to an activating group) is 1. The zero-order valence-electron chi connectivity index (χ0n) is 12.0. The lowest BCUT2D eigenvalue weighted by Gasteiger charge is -2.43. The Morgan fingerprint density at radius 1 is 1.40 bits per heavy atom. The molecule has 2 aliphatic heterocycles. The van der Waals surface area contributed by atoms with Gasteiger partial charge >= 0.3 is 6.18 Å². The highest BCUT2D eigenvalue weighted by Gasteiger charge is 2.62. The van der Waals surface area contributed by atoms with Crippen LogP contribution >= 0.6 is 0 Å². The lowest BCUT2D eigenvalue weighted by molar-refractivity contribution is -0.222. The number of nitrogens with one attached hydrogen (secondary N) is 1. The number of hydrogen-bond acceptors (Lipinski definition) is 3. The van der Waals surface area contributed by atoms with Crippen LogP contribution in [0.5, 0.6) is 0 Å². The Hall–Kier alpha value is -0.820. The molecule has 0 bridgehead atoms. The lowest BCUT2D eigenvalue weighted by atomic mass is 9.84. The Balaban J connectivity index is 2.14. The molecule has 7 heteroatoms. The van der Waals surface area contributed by atoms with Crippen LogP contribution < -0.4 is 5.32 Å². The van der Waals surface area contributed by atoms with Crippen LogP contribution in [0.3, 0.4) is 0 Å². The van der Waals surface area contributed by atoms with Crippen molar-refractivity contribution < 1.29 is 18.0 Å². The van der Waals surface area contributed by atoms with Crippen LogP contribution in [-0.4, -0.2) is 67.2 Å². The van der Waals surface area contributed by atoms with Crippen molar-refractivity contribution in [3.63, 3.8) is 0 Å². The highest BCUT2D eigenvalue weighted by Crippen LogP contribution is 2.44. The summed E-state index contributed by atoms with van der Waals surface area (Å²) in [4.78, 5) is 16.0. The summed E-state index contributed by atoms with van der Waals surface area (Å²) in [6, 6.07) is 0.109. The molecule has 0 saturated carbocycles. The van der Waals surface area contributed by atoms with E-state index < -0.39 is 17.5 Å². The van der Waals surface area contributed by atoms with Crippen LogP contribution in [0.4, 0.5) is 13.2 Å². The number of hydrogen-bond donors (Lipinski definition) is 1. The van der Waals surface area contributed by atoms with Crippen molar-refractivity contribution in [3.05, 3.63) is 0 Å². The molecule has 0 aromatic rings. The van der Waals surface area contributed by atoms with Crippen molar-refractivity contribution in [3.8, 4) is 0 Å². The molecule has 1 amide bonds. The van der Waals surface area contributed by atoms with E-state index >= 15 is 0 Å². The van der Waals surface area contributed by atoms with Crippen molar-refractivity contribution in [2.24, 2.45) is 5.41 Å². The third-order valence-electron chi connectivity index (χ3n) is 4.57. The summed E-state index contributed by atoms with van der Waals surface area (Å²) in [5, 5.41) is 2.69. The van der Waals surface area contributed by atoms with Gasteiger partial charge in [0.1, 0.15) is 0 Å². The van der Waals surface area contributed by atoms with E-state index in [1.54, 1.807) is 0 Å². The standard InChI is InChI=1S/C13H22F3N3O/c1-3-18-6-7-19(8-10(18)2)11(20)12(13(14,15)16)4-5-17-9-12/h10,17H,3-9H2,1-2H3. The molecular weight excluding hydrogens is 271 g/mol. The molecule has 0 radical (unpaired) electrons. The van der Waals surface area contributed by atoms with Gasteiger partial charge in [0.15, 0.2) is 5.41 Å². The maximum Gasteiger partial charge on any atom is 0.404 e. The molecule has 0 aliphatic carbocycles. The first kappa shape index (κ1) is 15.6. The van der Waals surface area contributed by atoms with E-state index in [4.69, 9.17) is 0 Å². The monoisotopic (exact) mass is 293 g/mol. The maximum absolute atomic E-state index is 13.4. The number of rotatable bonds is 2. The summed E-state index contributed by atoms with van der Waals surface area (Å²) in [7, 11) is 0. The van der Waals surface area contributed by atoms with Gasteiger partial charge in [-0.05, 0) is 26.4 Å². The molecule has 2 fully saturated rings. The fourth-order valence-corrected chi connectivity index (χ4v) is 3.19. The van der Waals surface area contributed by atoms with Crippen molar-refractivity contribution in [1.29, 1.82) is 0 Å². The predicted molar refractivity (Wildman–Crippen MR) is 69.3 cm³/mol. The van der Waals surface area contributed by atoms with Gasteiger partial charge in [0.2, 0.25) is 5.91 Å². The molecule has 0 spiro atoms. The van der Waals surface area contributed by atoms with Crippen molar-refractivity contribution in [2.75, 3.05) is 39.3 Å². The molecule has 0 aromatic heterocycles. The molecular formula is C13H22F3N3O. The van der Waals surface area contributed by atoms with Crippen LogP contribution in [0.2, 0.25) is 0 Å². The van der Waals surface area contributed by atoms with Gasteiger partial charge in [-0.15, -0.1) is 0 Å². The number of carbonyl (C=O) groups is 1. The van der Waals surface area contributed by atoms with E-state index in [1.807, 2.05) is 13.8 Å². The topological polar surface area (TPSA) is 35.6 Å². The minimum Gasteiger partial charge on any atom is -0.339 e. The first-order chi connectivity index (χ1) is 9.32.